The molecule has 2 aromatic carbocycles. The Morgan fingerprint density at radius 3 is 2.39 bits per heavy atom. The van der Waals surface area contributed by atoms with E-state index in [2.05, 4.69) is 16.0 Å². The summed E-state index contributed by atoms with van der Waals surface area (Å²) < 4.78 is 11.5. The lowest BCUT2D eigenvalue weighted by atomic mass is 10.1. The predicted octanol–water partition coefficient (Wildman–Crippen LogP) is 3.14. The quantitative estimate of drug-likeness (QED) is 0.453. The lowest BCUT2D eigenvalue weighted by Gasteiger charge is -2.28. The molecule has 31 heavy (non-hydrogen) atoms. The van der Waals surface area contributed by atoms with Crippen LogP contribution in [0.3, 0.4) is 0 Å². The van der Waals surface area contributed by atoms with Crippen LogP contribution >= 0.6 is 0 Å². The molecule has 158 valence electrons. The van der Waals surface area contributed by atoms with E-state index in [9.17, 15) is 9.59 Å². The van der Waals surface area contributed by atoms with Gasteiger partial charge in [-0.3, -0.25) is 14.5 Å². The summed E-state index contributed by atoms with van der Waals surface area (Å²) in [7, 11) is 0. The van der Waals surface area contributed by atoms with Crippen molar-refractivity contribution < 1.29 is 19.1 Å². The van der Waals surface area contributed by atoms with E-state index in [1.807, 2.05) is 18.2 Å². The maximum atomic E-state index is 12.5. The zero-order valence-corrected chi connectivity index (χ0v) is 17.1. The van der Waals surface area contributed by atoms with Gasteiger partial charge in [0.05, 0.1) is 30.9 Å². The average molecular weight is 417 g/mol. The highest BCUT2D eigenvalue weighted by Crippen LogP contribution is 2.31. The van der Waals surface area contributed by atoms with Gasteiger partial charge in [0.1, 0.15) is 11.6 Å². The van der Waals surface area contributed by atoms with Crippen LogP contribution in [0.5, 0.6) is 5.75 Å². The van der Waals surface area contributed by atoms with Gasteiger partial charge in [-0.1, -0.05) is 24.3 Å². The minimum Gasteiger partial charge on any atom is -0.493 e. The molecular weight excluding hydrogens is 394 g/mol. The maximum absolute atomic E-state index is 12.5. The molecule has 3 aromatic rings. The van der Waals surface area contributed by atoms with Gasteiger partial charge in [-0.15, -0.1) is 0 Å². The molecule has 1 fully saturated rings. The van der Waals surface area contributed by atoms with Gasteiger partial charge in [-0.05, 0) is 30.7 Å². The molecule has 2 aliphatic heterocycles. The fourth-order valence-corrected chi connectivity index (χ4v) is 4.16. The lowest BCUT2D eigenvalue weighted by molar-refractivity contribution is 0.0647. The van der Waals surface area contributed by atoms with Gasteiger partial charge in [0.2, 0.25) is 0 Å². The van der Waals surface area contributed by atoms with Crippen LogP contribution in [0.25, 0.3) is 10.8 Å². The highest BCUT2D eigenvalue weighted by Gasteiger charge is 2.34. The van der Waals surface area contributed by atoms with E-state index in [0.29, 0.717) is 43.9 Å². The van der Waals surface area contributed by atoms with Crippen molar-refractivity contribution >= 4 is 28.4 Å². The van der Waals surface area contributed by atoms with Crippen LogP contribution in [-0.2, 0) is 4.74 Å². The van der Waals surface area contributed by atoms with E-state index < -0.39 is 0 Å². The van der Waals surface area contributed by atoms with Gasteiger partial charge >= 0.3 is 0 Å². The fraction of sp³-hybridized carbons (Fsp3) is 0.292. The number of anilines is 1. The Balaban J connectivity index is 1.26. The molecular formula is C24H23N3O4. The third-order valence-electron chi connectivity index (χ3n) is 5.72. The van der Waals surface area contributed by atoms with Gasteiger partial charge in [-0.25, -0.2) is 4.98 Å². The molecule has 3 heterocycles. The number of rotatable bonds is 6. The molecule has 2 amide bonds. The number of aromatic nitrogens is 1. The van der Waals surface area contributed by atoms with Crippen molar-refractivity contribution in [2.24, 2.45) is 0 Å². The molecule has 0 saturated carbocycles. The van der Waals surface area contributed by atoms with Crippen molar-refractivity contribution in [3.63, 3.8) is 0 Å². The van der Waals surface area contributed by atoms with E-state index in [0.717, 1.165) is 35.4 Å². The molecule has 0 spiro atoms. The first-order chi connectivity index (χ1) is 15.2. The first-order valence-corrected chi connectivity index (χ1v) is 10.5. The topological polar surface area (TPSA) is 72.0 Å². The zero-order chi connectivity index (χ0) is 21.2. The standard InChI is InChI=1S/C24H23N3O4/c28-23-19-5-1-2-6-20(19)24(29)27(23)11-4-14-31-21-8-3-7-18-17(21)9-10-25-22(18)26-12-15-30-16-13-26/h1-3,5-10H,4,11-16H2. The van der Waals surface area contributed by atoms with Crippen LogP contribution in [-0.4, -0.2) is 61.2 Å². The van der Waals surface area contributed by atoms with Gasteiger partial charge in [-0.2, -0.15) is 0 Å². The van der Waals surface area contributed by atoms with Crippen molar-refractivity contribution in [2.75, 3.05) is 44.4 Å². The third kappa shape index (κ3) is 3.61. The Morgan fingerprint density at radius 2 is 1.65 bits per heavy atom. The number of nitrogens with zero attached hydrogens (tertiary/aromatic N) is 3. The summed E-state index contributed by atoms with van der Waals surface area (Å²) in [5.41, 5.74) is 0.955. The van der Waals surface area contributed by atoms with E-state index in [1.165, 1.54) is 4.90 Å². The van der Waals surface area contributed by atoms with Gasteiger partial charge in [0, 0.05) is 36.6 Å². The molecule has 1 saturated heterocycles. The van der Waals surface area contributed by atoms with Crippen molar-refractivity contribution in [3.05, 3.63) is 65.9 Å². The molecule has 7 nitrogen and oxygen atoms in total. The smallest absolute Gasteiger partial charge is 0.261 e. The number of fused-ring (bicyclic) bond motifs is 2. The lowest BCUT2D eigenvalue weighted by Crippen LogP contribution is -2.36. The number of hydrogen-bond donors (Lipinski definition) is 0. The SMILES string of the molecule is O=C1c2ccccc2C(=O)N1CCCOc1cccc2c(N3CCOCC3)nccc12. The number of pyridine rings is 1. The summed E-state index contributed by atoms with van der Waals surface area (Å²) >= 11 is 0. The second-order valence-corrected chi connectivity index (χ2v) is 7.59. The molecule has 0 N–H and O–H groups in total. The summed E-state index contributed by atoms with van der Waals surface area (Å²) in [5.74, 6) is 1.26. The number of amides is 2. The second kappa shape index (κ2) is 8.35. The Labute approximate surface area is 180 Å². The van der Waals surface area contributed by atoms with Crippen LogP contribution in [0, 0.1) is 0 Å². The molecule has 0 aliphatic carbocycles. The Kier molecular flexibility index (Phi) is 5.26. The average Bonchev–Trinajstić information content (AvgIpc) is 3.07. The Hall–Kier alpha value is -3.45. The van der Waals surface area contributed by atoms with Crippen LogP contribution in [0.15, 0.2) is 54.7 Å². The van der Waals surface area contributed by atoms with Crippen molar-refractivity contribution in [2.45, 2.75) is 6.42 Å². The first kappa shape index (κ1) is 19.5. The molecule has 1 aromatic heterocycles. The van der Waals surface area contributed by atoms with Gasteiger partial charge < -0.3 is 14.4 Å². The molecule has 5 rings (SSSR count). The van der Waals surface area contributed by atoms with E-state index in [4.69, 9.17) is 9.47 Å². The number of benzene rings is 2. The normalized spacial score (nSPS) is 16.1. The van der Waals surface area contributed by atoms with Gasteiger partial charge in [0.15, 0.2) is 0 Å². The van der Waals surface area contributed by atoms with E-state index >= 15 is 0 Å². The van der Waals surface area contributed by atoms with Crippen molar-refractivity contribution in [1.82, 2.24) is 9.88 Å². The zero-order valence-electron chi connectivity index (χ0n) is 17.1. The number of carbonyl (C=O) groups excluding carboxylic acids is 2. The largest absolute Gasteiger partial charge is 0.493 e. The van der Waals surface area contributed by atoms with Crippen LogP contribution < -0.4 is 9.64 Å². The number of carbonyl (C=O) groups is 2. The summed E-state index contributed by atoms with van der Waals surface area (Å²) in [6.45, 7) is 3.77. The monoisotopic (exact) mass is 417 g/mol. The molecule has 7 heteroatoms. The molecule has 0 bridgehead atoms. The minimum absolute atomic E-state index is 0.230. The second-order valence-electron chi connectivity index (χ2n) is 7.59. The van der Waals surface area contributed by atoms with E-state index in [1.54, 1.807) is 30.5 Å². The first-order valence-electron chi connectivity index (χ1n) is 10.5. The third-order valence-corrected chi connectivity index (χ3v) is 5.72. The summed E-state index contributed by atoms with van der Waals surface area (Å²) in [6, 6.07) is 14.9. The van der Waals surface area contributed by atoms with Crippen molar-refractivity contribution in [3.8, 4) is 5.75 Å². The van der Waals surface area contributed by atoms with E-state index in [-0.39, 0.29) is 11.8 Å². The Bertz CT molecular complexity index is 1110. The number of imide groups is 1. The molecule has 0 atom stereocenters. The summed E-state index contributed by atoms with van der Waals surface area (Å²) in [4.78, 5) is 33.1. The Morgan fingerprint density at radius 1 is 0.903 bits per heavy atom. The highest BCUT2D eigenvalue weighted by atomic mass is 16.5. The maximum Gasteiger partial charge on any atom is 0.261 e. The highest BCUT2D eigenvalue weighted by molar-refractivity contribution is 6.21. The number of hydrogen-bond acceptors (Lipinski definition) is 6. The summed E-state index contributed by atoms with van der Waals surface area (Å²) in [6.07, 6.45) is 2.36. The van der Waals surface area contributed by atoms with Gasteiger partial charge in [0.25, 0.3) is 11.8 Å². The minimum atomic E-state index is -0.230. The summed E-state index contributed by atoms with van der Waals surface area (Å²) in [5, 5.41) is 2.04. The molecule has 0 unspecified atom stereocenters. The van der Waals surface area contributed by atoms with Crippen molar-refractivity contribution in [1.29, 1.82) is 0 Å². The number of morpholine rings is 1. The molecule has 0 radical (unpaired) electrons. The predicted molar refractivity (Wildman–Crippen MR) is 117 cm³/mol. The molecule has 2 aliphatic rings. The van der Waals surface area contributed by atoms with Crippen LogP contribution in [0.4, 0.5) is 5.82 Å². The van der Waals surface area contributed by atoms with Crippen LogP contribution in [0.2, 0.25) is 0 Å². The fourth-order valence-electron chi connectivity index (χ4n) is 4.16. The number of ether oxygens (including phenoxy) is 2. The van der Waals surface area contributed by atoms with Crippen LogP contribution in [0.1, 0.15) is 27.1 Å².